The molecule has 6 nitrogen and oxygen atoms in total. The van der Waals surface area contributed by atoms with Crippen molar-refractivity contribution < 1.29 is 9.59 Å². The molecule has 0 aromatic heterocycles. The van der Waals surface area contributed by atoms with Crippen LogP contribution >= 0.6 is 0 Å². The molecule has 120 valence electrons. The Bertz CT molecular complexity index is 357. The maximum Gasteiger partial charge on any atom is 0.319 e. The lowest BCUT2D eigenvalue weighted by molar-refractivity contribution is -0.133. The van der Waals surface area contributed by atoms with Crippen LogP contribution in [0.1, 0.15) is 25.7 Å². The Labute approximate surface area is 127 Å². The molecule has 0 spiro atoms. The lowest BCUT2D eigenvalue weighted by atomic mass is 9.96. The van der Waals surface area contributed by atoms with Crippen LogP contribution in [0.2, 0.25) is 0 Å². The van der Waals surface area contributed by atoms with E-state index >= 15 is 0 Å². The van der Waals surface area contributed by atoms with Crippen LogP contribution in [0.5, 0.6) is 0 Å². The second-order valence-electron chi connectivity index (χ2n) is 6.30. The molecule has 2 aliphatic rings. The van der Waals surface area contributed by atoms with E-state index < -0.39 is 0 Å². The SMILES string of the molecule is CN(C)C(=O)N1CCN(C(=O)CC2CCCNCC2)CC1. The number of carbonyl (C=O) groups is 2. The molecule has 2 rings (SSSR count). The smallest absolute Gasteiger partial charge is 0.319 e. The van der Waals surface area contributed by atoms with Crippen LogP contribution in [0.25, 0.3) is 0 Å². The number of hydrogen-bond donors (Lipinski definition) is 1. The summed E-state index contributed by atoms with van der Waals surface area (Å²) in [6.07, 6.45) is 4.09. The number of piperazine rings is 1. The van der Waals surface area contributed by atoms with Crippen molar-refractivity contribution in [3.8, 4) is 0 Å². The van der Waals surface area contributed by atoms with Gasteiger partial charge in [-0.1, -0.05) is 0 Å². The normalized spacial score (nSPS) is 23.6. The standard InChI is InChI=1S/C15H28N4O2/c1-17(2)15(21)19-10-8-18(9-11-19)14(20)12-13-4-3-6-16-7-5-13/h13,16H,3-12H2,1-2H3. The van der Waals surface area contributed by atoms with Gasteiger partial charge in [0.25, 0.3) is 0 Å². The fourth-order valence-electron chi connectivity index (χ4n) is 3.10. The molecule has 21 heavy (non-hydrogen) atoms. The molecule has 0 bridgehead atoms. The molecule has 2 saturated heterocycles. The molecule has 2 heterocycles. The van der Waals surface area contributed by atoms with E-state index in [0.717, 1.165) is 25.9 Å². The van der Waals surface area contributed by atoms with Crippen molar-refractivity contribution >= 4 is 11.9 Å². The first kappa shape index (κ1) is 16.1. The molecule has 1 N–H and O–H groups in total. The van der Waals surface area contributed by atoms with Gasteiger partial charge < -0.3 is 20.0 Å². The van der Waals surface area contributed by atoms with E-state index in [1.807, 2.05) is 9.80 Å². The third-order valence-electron chi connectivity index (χ3n) is 4.44. The molecule has 0 aliphatic carbocycles. The summed E-state index contributed by atoms with van der Waals surface area (Å²) in [5.41, 5.74) is 0. The number of carbonyl (C=O) groups excluding carboxylic acids is 2. The van der Waals surface area contributed by atoms with E-state index in [1.54, 1.807) is 19.0 Å². The van der Waals surface area contributed by atoms with Gasteiger partial charge in [0, 0.05) is 46.7 Å². The van der Waals surface area contributed by atoms with Crippen molar-refractivity contribution in [3.63, 3.8) is 0 Å². The zero-order valence-electron chi connectivity index (χ0n) is 13.3. The average molecular weight is 296 g/mol. The Kier molecular flexibility index (Phi) is 5.85. The van der Waals surface area contributed by atoms with E-state index in [4.69, 9.17) is 0 Å². The van der Waals surface area contributed by atoms with Gasteiger partial charge in [-0.3, -0.25) is 4.79 Å². The third kappa shape index (κ3) is 4.59. The number of hydrogen-bond acceptors (Lipinski definition) is 3. The van der Waals surface area contributed by atoms with Crippen molar-refractivity contribution in [1.29, 1.82) is 0 Å². The highest BCUT2D eigenvalue weighted by Crippen LogP contribution is 2.19. The monoisotopic (exact) mass is 296 g/mol. The van der Waals surface area contributed by atoms with Crippen LogP contribution in [0.3, 0.4) is 0 Å². The summed E-state index contributed by atoms with van der Waals surface area (Å²) in [5.74, 6) is 0.785. The van der Waals surface area contributed by atoms with Gasteiger partial charge >= 0.3 is 6.03 Å². The van der Waals surface area contributed by atoms with E-state index in [0.29, 0.717) is 38.5 Å². The first-order chi connectivity index (χ1) is 10.1. The first-order valence-corrected chi connectivity index (χ1v) is 8.02. The number of amides is 3. The highest BCUT2D eigenvalue weighted by atomic mass is 16.2. The van der Waals surface area contributed by atoms with Gasteiger partial charge in [0.1, 0.15) is 0 Å². The quantitative estimate of drug-likeness (QED) is 0.811. The molecule has 2 aliphatic heterocycles. The molecular formula is C15H28N4O2. The van der Waals surface area contributed by atoms with Gasteiger partial charge in [-0.2, -0.15) is 0 Å². The topological polar surface area (TPSA) is 55.9 Å². The molecule has 6 heteroatoms. The van der Waals surface area contributed by atoms with Crippen LogP contribution in [-0.2, 0) is 4.79 Å². The zero-order valence-corrected chi connectivity index (χ0v) is 13.3. The molecule has 0 aromatic carbocycles. The minimum Gasteiger partial charge on any atom is -0.339 e. The number of nitrogens with zero attached hydrogens (tertiary/aromatic N) is 3. The second-order valence-corrected chi connectivity index (χ2v) is 6.30. The summed E-state index contributed by atoms with van der Waals surface area (Å²) < 4.78 is 0. The Balaban J connectivity index is 1.76. The van der Waals surface area contributed by atoms with Gasteiger partial charge in [-0.25, -0.2) is 4.79 Å². The van der Waals surface area contributed by atoms with Crippen LogP contribution in [0, 0.1) is 5.92 Å². The minimum absolute atomic E-state index is 0.0388. The fourth-order valence-corrected chi connectivity index (χ4v) is 3.10. The minimum atomic E-state index is 0.0388. The van der Waals surface area contributed by atoms with Crippen molar-refractivity contribution in [2.45, 2.75) is 25.7 Å². The largest absolute Gasteiger partial charge is 0.339 e. The molecular weight excluding hydrogens is 268 g/mol. The Morgan fingerprint density at radius 2 is 1.71 bits per heavy atom. The maximum absolute atomic E-state index is 12.4. The van der Waals surface area contributed by atoms with Gasteiger partial charge in [-0.05, 0) is 38.3 Å². The predicted octanol–water partition coefficient (Wildman–Crippen LogP) is 0.592. The molecule has 0 saturated carbocycles. The van der Waals surface area contributed by atoms with Gasteiger partial charge in [0.15, 0.2) is 0 Å². The van der Waals surface area contributed by atoms with E-state index in [2.05, 4.69) is 5.32 Å². The first-order valence-electron chi connectivity index (χ1n) is 8.02. The van der Waals surface area contributed by atoms with Crippen molar-refractivity contribution in [1.82, 2.24) is 20.0 Å². The Morgan fingerprint density at radius 3 is 2.38 bits per heavy atom. The summed E-state index contributed by atoms with van der Waals surface area (Å²) in [5, 5.41) is 3.39. The molecule has 1 unspecified atom stereocenters. The van der Waals surface area contributed by atoms with Crippen LogP contribution in [-0.4, -0.2) is 80.0 Å². The molecule has 2 fully saturated rings. The second kappa shape index (κ2) is 7.64. The average Bonchev–Trinajstić information content (AvgIpc) is 2.75. The molecule has 0 radical (unpaired) electrons. The lowest BCUT2D eigenvalue weighted by Gasteiger charge is -2.36. The summed E-state index contributed by atoms with van der Waals surface area (Å²) in [6.45, 7) is 4.75. The zero-order chi connectivity index (χ0) is 15.2. The summed E-state index contributed by atoms with van der Waals surface area (Å²) in [4.78, 5) is 29.6. The molecule has 1 atom stereocenters. The summed E-state index contributed by atoms with van der Waals surface area (Å²) in [6, 6.07) is 0.0388. The van der Waals surface area contributed by atoms with Gasteiger partial charge in [0.2, 0.25) is 5.91 Å². The highest BCUT2D eigenvalue weighted by Gasteiger charge is 2.26. The molecule has 0 aromatic rings. The predicted molar refractivity (Wildman–Crippen MR) is 82.1 cm³/mol. The van der Waals surface area contributed by atoms with E-state index in [1.165, 1.54) is 6.42 Å². The molecule has 3 amide bonds. The van der Waals surface area contributed by atoms with E-state index in [9.17, 15) is 9.59 Å². The van der Waals surface area contributed by atoms with Gasteiger partial charge in [-0.15, -0.1) is 0 Å². The fraction of sp³-hybridized carbons (Fsp3) is 0.867. The third-order valence-corrected chi connectivity index (χ3v) is 4.44. The lowest BCUT2D eigenvalue weighted by Crippen LogP contribution is -2.53. The Morgan fingerprint density at radius 1 is 1.05 bits per heavy atom. The number of rotatable bonds is 2. The van der Waals surface area contributed by atoms with Crippen molar-refractivity contribution in [3.05, 3.63) is 0 Å². The highest BCUT2D eigenvalue weighted by molar-refractivity contribution is 5.77. The number of nitrogens with one attached hydrogen (secondary N) is 1. The van der Waals surface area contributed by atoms with E-state index in [-0.39, 0.29) is 11.9 Å². The van der Waals surface area contributed by atoms with Crippen LogP contribution < -0.4 is 5.32 Å². The number of urea groups is 1. The van der Waals surface area contributed by atoms with Gasteiger partial charge in [0.05, 0.1) is 0 Å². The van der Waals surface area contributed by atoms with Crippen LogP contribution in [0.4, 0.5) is 4.79 Å². The summed E-state index contributed by atoms with van der Waals surface area (Å²) >= 11 is 0. The van der Waals surface area contributed by atoms with Crippen LogP contribution in [0.15, 0.2) is 0 Å². The van der Waals surface area contributed by atoms with Crippen molar-refractivity contribution in [2.24, 2.45) is 5.92 Å². The summed E-state index contributed by atoms with van der Waals surface area (Å²) in [7, 11) is 3.53. The van der Waals surface area contributed by atoms with Crippen molar-refractivity contribution in [2.75, 3.05) is 53.4 Å². The maximum atomic E-state index is 12.4. The Hall–Kier alpha value is -1.30.